The van der Waals surface area contributed by atoms with Gasteiger partial charge in [-0.25, -0.2) is 4.98 Å². The van der Waals surface area contributed by atoms with Crippen LogP contribution in [-0.2, 0) is 4.79 Å². The van der Waals surface area contributed by atoms with Crippen LogP contribution in [0.3, 0.4) is 0 Å². The minimum absolute atomic E-state index is 0.0917. The van der Waals surface area contributed by atoms with E-state index >= 15 is 0 Å². The zero-order chi connectivity index (χ0) is 18.6. The summed E-state index contributed by atoms with van der Waals surface area (Å²) in [6.07, 6.45) is 3.81. The van der Waals surface area contributed by atoms with Crippen molar-refractivity contribution in [3.05, 3.63) is 47.5 Å². The summed E-state index contributed by atoms with van der Waals surface area (Å²) in [6.45, 7) is 2.22. The number of amides is 1. The fraction of sp³-hybridized carbons (Fsp3) is 0.300. The van der Waals surface area contributed by atoms with Gasteiger partial charge in [0.15, 0.2) is 5.58 Å². The second-order valence-electron chi connectivity index (χ2n) is 6.52. The lowest BCUT2D eigenvalue weighted by molar-refractivity contribution is -0.113. The van der Waals surface area contributed by atoms with Crippen molar-refractivity contribution in [2.45, 2.75) is 24.5 Å². The van der Waals surface area contributed by atoms with Crippen molar-refractivity contribution in [1.82, 2.24) is 4.98 Å². The monoisotopic (exact) mass is 401 g/mol. The van der Waals surface area contributed by atoms with E-state index < -0.39 is 0 Å². The van der Waals surface area contributed by atoms with Crippen LogP contribution in [-0.4, -0.2) is 29.7 Å². The topological polar surface area (TPSA) is 58.4 Å². The number of carbonyl (C=O) groups excluding carboxylic acids is 1. The van der Waals surface area contributed by atoms with Gasteiger partial charge in [-0.05, 0) is 61.7 Å². The Morgan fingerprint density at radius 2 is 1.93 bits per heavy atom. The number of piperidine rings is 1. The number of hydrogen-bond donors (Lipinski definition) is 1. The highest BCUT2D eigenvalue weighted by molar-refractivity contribution is 7.99. The summed E-state index contributed by atoms with van der Waals surface area (Å²) in [5.74, 6) is 0.139. The van der Waals surface area contributed by atoms with E-state index in [1.807, 2.05) is 12.1 Å². The molecular weight excluding hydrogens is 382 g/mol. The zero-order valence-electron chi connectivity index (χ0n) is 14.8. The van der Waals surface area contributed by atoms with Crippen molar-refractivity contribution < 1.29 is 9.21 Å². The summed E-state index contributed by atoms with van der Waals surface area (Å²) < 4.78 is 5.61. The number of halogens is 1. The molecule has 140 valence electrons. The van der Waals surface area contributed by atoms with E-state index in [1.54, 1.807) is 18.2 Å². The highest BCUT2D eigenvalue weighted by Crippen LogP contribution is 2.26. The summed E-state index contributed by atoms with van der Waals surface area (Å²) in [7, 11) is 0. The molecule has 1 amide bonds. The molecule has 0 saturated carbocycles. The van der Waals surface area contributed by atoms with Gasteiger partial charge in [-0.15, -0.1) is 0 Å². The van der Waals surface area contributed by atoms with Gasteiger partial charge in [0.05, 0.1) is 5.75 Å². The van der Waals surface area contributed by atoms with Crippen LogP contribution >= 0.6 is 23.4 Å². The number of rotatable bonds is 5. The van der Waals surface area contributed by atoms with E-state index in [2.05, 4.69) is 27.3 Å². The van der Waals surface area contributed by atoms with Crippen LogP contribution in [0.2, 0.25) is 5.02 Å². The van der Waals surface area contributed by atoms with Crippen molar-refractivity contribution in [3.63, 3.8) is 0 Å². The molecule has 1 aliphatic rings. The van der Waals surface area contributed by atoms with E-state index in [-0.39, 0.29) is 11.7 Å². The first-order valence-electron chi connectivity index (χ1n) is 9.01. The average Bonchev–Trinajstić information content (AvgIpc) is 3.10. The van der Waals surface area contributed by atoms with Crippen LogP contribution in [0.5, 0.6) is 0 Å². The largest absolute Gasteiger partial charge is 0.431 e. The van der Waals surface area contributed by atoms with Gasteiger partial charge in [-0.3, -0.25) is 4.79 Å². The molecule has 1 fully saturated rings. The maximum Gasteiger partial charge on any atom is 0.257 e. The lowest BCUT2D eigenvalue weighted by atomic mass is 10.1. The molecule has 1 saturated heterocycles. The summed E-state index contributed by atoms with van der Waals surface area (Å²) in [4.78, 5) is 18.9. The lowest BCUT2D eigenvalue weighted by Gasteiger charge is -2.28. The van der Waals surface area contributed by atoms with E-state index in [0.717, 1.165) is 18.8 Å². The summed E-state index contributed by atoms with van der Waals surface area (Å²) >= 11 is 7.21. The van der Waals surface area contributed by atoms with Crippen LogP contribution in [0.15, 0.2) is 52.1 Å². The minimum atomic E-state index is -0.0917. The zero-order valence-corrected chi connectivity index (χ0v) is 16.4. The van der Waals surface area contributed by atoms with Gasteiger partial charge >= 0.3 is 0 Å². The average molecular weight is 402 g/mol. The van der Waals surface area contributed by atoms with Crippen molar-refractivity contribution >= 4 is 51.7 Å². The minimum Gasteiger partial charge on any atom is -0.431 e. The molecule has 0 atom stereocenters. The molecule has 7 heteroatoms. The lowest BCUT2D eigenvalue weighted by Crippen LogP contribution is -2.29. The maximum absolute atomic E-state index is 12.2. The van der Waals surface area contributed by atoms with E-state index in [1.165, 1.54) is 36.7 Å². The molecule has 0 unspecified atom stereocenters. The third-order valence-corrected chi connectivity index (χ3v) is 5.59. The Bertz CT molecular complexity index is 936. The molecular formula is C20H20ClN3O2S. The van der Waals surface area contributed by atoms with Crippen molar-refractivity contribution in [3.8, 4) is 0 Å². The van der Waals surface area contributed by atoms with Crippen molar-refractivity contribution in [1.29, 1.82) is 0 Å². The first kappa shape index (κ1) is 18.2. The Labute approximate surface area is 167 Å². The Morgan fingerprint density at radius 3 is 2.70 bits per heavy atom. The number of benzene rings is 2. The number of oxazole rings is 1. The number of thioether (sulfide) groups is 1. The second-order valence-corrected chi connectivity index (χ2v) is 7.89. The van der Waals surface area contributed by atoms with Gasteiger partial charge < -0.3 is 14.6 Å². The Balaban J connectivity index is 1.31. The highest BCUT2D eigenvalue weighted by atomic mass is 35.5. The molecule has 0 spiro atoms. The number of aromatic nitrogens is 1. The first-order chi connectivity index (χ1) is 13.2. The number of anilines is 2. The number of hydrogen-bond acceptors (Lipinski definition) is 5. The van der Waals surface area contributed by atoms with Gasteiger partial charge in [0.2, 0.25) is 5.91 Å². The van der Waals surface area contributed by atoms with Crippen LogP contribution in [0, 0.1) is 0 Å². The van der Waals surface area contributed by atoms with E-state index in [0.29, 0.717) is 21.3 Å². The molecule has 27 heavy (non-hydrogen) atoms. The van der Waals surface area contributed by atoms with Crippen LogP contribution in [0.25, 0.3) is 11.1 Å². The van der Waals surface area contributed by atoms with Crippen LogP contribution in [0.1, 0.15) is 19.3 Å². The SMILES string of the molecule is O=C(CSc1nc2cc(Cl)ccc2o1)Nc1ccc(N2CCCCC2)cc1. The normalized spacial score (nSPS) is 14.5. The molecule has 0 bridgehead atoms. The van der Waals surface area contributed by atoms with Gasteiger partial charge in [-0.2, -0.15) is 0 Å². The Kier molecular flexibility index (Phi) is 5.55. The molecule has 5 nitrogen and oxygen atoms in total. The number of nitrogens with zero attached hydrogens (tertiary/aromatic N) is 2. The molecule has 4 rings (SSSR count). The third-order valence-electron chi connectivity index (χ3n) is 4.53. The summed E-state index contributed by atoms with van der Waals surface area (Å²) in [6, 6.07) is 13.3. The number of nitrogens with one attached hydrogen (secondary N) is 1. The smallest absolute Gasteiger partial charge is 0.257 e. The molecule has 1 N–H and O–H groups in total. The van der Waals surface area contributed by atoms with Gasteiger partial charge in [0, 0.05) is 29.5 Å². The molecule has 2 heterocycles. The fourth-order valence-corrected chi connectivity index (χ4v) is 3.98. The predicted molar refractivity (Wildman–Crippen MR) is 111 cm³/mol. The summed E-state index contributed by atoms with van der Waals surface area (Å²) in [5, 5.41) is 3.99. The standard InChI is InChI=1S/C20H20ClN3O2S/c21-14-4-9-18-17(12-14)23-20(26-18)27-13-19(25)22-15-5-7-16(8-6-15)24-10-2-1-3-11-24/h4-9,12H,1-3,10-11,13H2,(H,22,25). The van der Waals surface area contributed by atoms with Gasteiger partial charge in [0.1, 0.15) is 5.52 Å². The highest BCUT2D eigenvalue weighted by Gasteiger charge is 2.12. The van der Waals surface area contributed by atoms with Gasteiger partial charge in [0.25, 0.3) is 5.22 Å². The summed E-state index contributed by atoms with van der Waals surface area (Å²) in [5.41, 5.74) is 3.37. The third kappa shape index (κ3) is 4.57. The first-order valence-corrected chi connectivity index (χ1v) is 10.4. The quantitative estimate of drug-likeness (QED) is 0.595. The molecule has 2 aromatic carbocycles. The fourth-order valence-electron chi connectivity index (χ4n) is 3.17. The number of carbonyl (C=O) groups is 1. The Morgan fingerprint density at radius 1 is 1.15 bits per heavy atom. The van der Waals surface area contributed by atoms with Gasteiger partial charge in [-0.1, -0.05) is 23.4 Å². The maximum atomic E-state index is 12.2. The second kappa shape index (κ2) is 8.23. The van der Waals surface area contributed by atoms with Crippen LogP contribution < -0.4 is 10.2 Å². The van der Waals surface area contributed by atoms with Crippen molar-refractivity contribution in [2.24, 2.45) is 0 Å². The number of fused-ring (bicyclic) bond motifs is 1. The molecule has 1 aliphatic heterocycles. The molecule has 3 aromatic rings. The van der Waals surface area contributed by atoms with E-state index in [4.69, 9.17) is 16.0 Å². The van der Waals surface area contributed by atoms with E-state index in [9.17, 15) is 4.79 Å². The predicted octanol–water partition coefficient (Wildman–Crippen LogP) is 5.20. The van der Waals surface area contributed by atoms with Crippen molar-refractivity contribution in [2.75, 3.05) is 29.1 Å². The molecule has 0 aliphatic carbocycles. The molecule has 0 radical (unpaired) electrons. The van der Waals surface area contributed by atoms with Crippen LogP contribution in [0.4, 0.5) is 11.4 Å². The molecule has 1 aromatic heterocycles. The Hall–Kier alpha value is -2.18.